The first-order valence-corrected chi connectivity index (χ1v) is 12.9. The van der Waals surface area contributed by atoms with Gasteiger partial charge in [-0.05, 0) is 39.0 Å². The number of hydrogen-bond acceptors (Lipinski definition) is 5. The number of benzene rings is 1. The summed E-state index contributed by atoms with van der Waals surface area (Å²) in [6, 6.07) is 3.81. The van der Waals surface area contributed by atoms with Crippen LogP contribution in [-0.4, -0.2) is 44.7 Å². The van der Waals surface area contributed by atoms with E-state index in [1.54, 1.807) is 14.2 Å². The molecule has 4 rings (SSSR count). The number of fused-ring (bicyclic) bond motifs is 1. The maximum absolute atomic E-state index is 12.6. The summed E-state index contributed by atoms with van der Waals surface area (Å²) in [4.78, 5) is 14.5. The molecule has 0 aliphatic carbocycles. The van der Waals surface area contributed by atoms with Gasteiger partial charge in [-0.25, -0.2) is 0 Å². The minimum absolute atomic E-state index is 0.155. The molecule has 1 spiro atoms. The van der Waals surface area contributed by atoms with E-state index in [1.165, 1.54) is 38.5 Å². The van der Waals surface area contributed by atoms with Crippen LogP contribution in [0.4, 0.5) is 5.69 Å². The van der Waals surface area contributed by atoms with Crippen LogP contribution < -0.4 is 14.4 Å². The minimum Gasteiger partial charge on any atom is -0.497 e. The van der Waals surface area contributed by atoms with Gasteiger partial charge >= 0.3 is 0 Å². The van der Waals surface area contributed by atoms with Gasteiger partial charge in [-0.2, -0.15) is 0 Å². The second kappa shape index (κ2) is 11.1. The van der Waals surface area contributed by atoms with Gasteiger partial charge in [0.15, 0.2) is 5.79 Å². The predicted molar refractivity (Wildman–Crippen MR) is 129 cm³/mol. The van der Waals surface area contributed by atoms with E-state index in [0.29, 0.717) is 18.6 Å². The molecule has 2 fully saturated rings. The van der Waals surface area contributed by atoms with Crippen molar-refractivity contribution in [1.29, 1.82) is 0 Å². The van der Waals surface area contributed by atoms with Crippen molar-refractivity contribution < 1.29 is 23.7 Å². The van der Waals surface area contributed by atoms with E-state index in [0.717, 1.165) is 67.8 Å². The Bertz CT molecular complexity index is 808. The monoisotopic (exact) mass is 459 g/mol. The van der Waals surface area contributed by atoms with Gasteiger partial charge in [0.05, 0.1) is 38.5 Å². The van der Waals surface area contributed by atoms with Gasteiger partial charge in [0.1, 0.15) is 11.5 Å². The number of amides is 1. The van der Waals surface area contributed by atoms with Crippen LogP contribution in [0.5, 0.6) is 11.5 Å². The summed E-state index contributed by atoms with van der Waals surface area (Å²) in [6.45, 7) is 2.92. The lowest BCUT2D eigenvalue weighted by Gasteiger charge is -2.38. The molecule has 1 aromatic rings. The molecule has 6 heteroatoms. The van der Waals surface area contributed by atoms with E-state index in [4.69, 9.17) is 18.9 Å². The van der Waals surface area contributed by atoms with E-state index in [1.807, 2.05) is 17.0 Å². The Labute approximate surface area is 198 Å². The molecule has 3 atom stereocenters. The van der Waals surface area contributed by atoms with Crippen molar-refractivity contribution in [2.45, 2.75) is 108 Å². The Balaban J connectivity index is 1.12. The number of unbranched alkanes of at least 4 members (excludes halogenated alkanes) is 5. The highest BCUT2D eigenvalue weighted by molar-refractivity contribution is 6.02. The maximum Gasteiger partial charge on any atom is 0.231 e. The number of rotatable bonds is 11. The molecule has 184 valence electrons. The van der Waals surface area contributed by atoms with E-state index >= 15 is 0 Å². The van der Waals surface area contributed by atoms with Gasteiger partial charge < -0.3 is 23.8 Å². The molecule has 0 radical (unpaired) electrons. The first-order chi connectivity index (χ1) is 16.0. The maximum atomic E-state index is 12.6. The average Bonchev–Trinajstić information content (AvgIpc) is 3.33. The fraction of sp³-hybridized carbons (Fsp3) is 0.741. The largest absolute Gasteiger partial charge is 0.497 e. The van der Waals surface area contributed by atoms with Gasteiger partial charge in [0.25, 0.3) is 0 Å². The standard InChI is InChI=1S/C27H41NO5/c1-20-13-15-27(32-20)14-10-12-21(33-27)11-8-6-4-5-7-9-16-28-24-17-22(30-2)18-25(31-3)23(24)19-26(28)29/h17-18,20-21H,4-16,19H2,1-3H3/t20-,21-,27+/m0/s1. The summed E-state index contributed by atoms with van der Waals surface area (Å²) in [5.41, 5.74) is 1.93. The van der Waals surface area contributed by atoms with Crippen molar-refractivity contribution in [1.82, 2.24) is 0 Å². The van der Waals surface area contributed by atoms with Crippen molar-refractivity contribution in [2.24, 2.45) is 0 Å². The molecule has 3 heterocycles. The molecule has 3 aliphatic rings. The average molecular weight is 460 g/mol. The molecule has 3 aliphatic heterocycles. The molecular weight excluding hydrogens is 418 g/mol. The Morgan fingerprint density at radius 1 is 1.00 bits per heavy atom. The number of carbonyl (C=O) groups is 1. The highest BCUT2D eigenvalue weighted by Gasteiger charge is 2.43. The predicted octanol–water partition coefficient (Wildman–Crippen LogP) is 5.79. The van der Waals surface area contributed by atoms with Crippen LogP contribution in [-0.2, 0) is 20.7 Å². The zero-order valence-corrected chi connectivity index (χ0v) is 20.7. The van der Waals surface area contributed by atoms with Crippen LogP contribution in [0.15, 0.2) is 12.1 Å². The van der Waals surface area contributed by atoms with Crippen molar-refractivity contribution >= 4 is 11.6 Å². The molecule has 0 saturated carbocycles. The van der Waals surface area contributed by atoms with E-state index < -0.39 is 0 Å². The number of nitrogens with zero attached hydrogens (tertiary/aromatic N) is 1. The quantitative estimate of drug-likeness (QED) is 0.392. The number of anilines is 1. The van der Waals surface area contributed by atoms with E-state index in [2.05, 4.69) is 6.92 Å². The van der Waals surface area contributed by atoms with Crippen molar-refractivity contribution in [3.05, 3.63) is 17.7 Å². The van der Waals surface area contributed by atoms with Crippen LogP contribution in [0.1, 0.15) is 89.5 Å². The molecule has 0 bridgehead atoms. The van der Waals surface area contributed by atoms with Crippen LogP contribution in [0.2, 0.25) is 0 Å². The third-order valence-corrected chi connectivity index (χ3v) is 7.51. The lowest BCUT2D eigenvalue weighted by Crippen LogP contribution is -2.40. The normalized spacial score (nSPS) is 26.8. The van der Waals surface area contributed by atoms with Crippen LogP contribution in [0.25, 0.3) is 0 Å². The summed E-state index contributed by atoms with van der Waals surface area (Å²) in [7, 11) is 3.29. The second-order valence-electron chi connectivity index (χ2n) is 9.97. The van der Waals surface area contributed by atoms with Gasteiger partial charge in [-0.3, -0.25) is 4.79 Å². The summed E-state index contributed by atoms with van der Waals surface area (Å²) in [5.74, 6) is 1.36. The molecule has 1 amide bonds. The molecule has 1 aromatic carbocycles. The molecule has 0 unspecified atom stereocenters. The third kappa shape index (κ3) is 5.83. The van der Waals surface area contributed by atoms with E-state index in [9.17, 15) is 4.79 Å². The van der Waals surface area contributed by atoms with E-state index in [-0.39, 0.29) is 11.7 Å². The van der Waals surface area contributed by atoms with Gasteiger partial charge in [-0.15, -0.1) is 0 Å². The van der Waals surface area contributed by atoms with Gasteiger partial charge in [0, 0.05) is 37.1 Å². The topological polar surface area (TPSA) is 57.2 Å². The Morgan fingerprint density at radius 3 is 2.52 bits per heavy atom. The molecule has 0 N–H and O–H groups in total. The number of ether oxygens (including phenoxy) is 4. The summed E-state index contributed by atoms with van der Waals surface area (Å²) < 4.78 is 23.4. The summed E-state index contributed by atoms with van der Waals surface area (Å²) >= 11 is 0. The SMILES string of the molecule is COc1cc(OC)c2c(c1)N(CCCCCCCC[C@H]1CCC[C@]3(CC[C@H](C)O3)O1)C(=O)C2. The van der Waals surface area contributed by atoms with Crippen molar-refractivity contribution in [2.75, 3.05) is 25.7 Å². The number of hydrogen-bond donors (Lipinski definition) is 0. The fourth-order valence-corrected chi connectivity index (χ4v) is 5.70. The Morgan fingerprint density at radius 2 is 1.79 bits per heavy atom. The third-order valence-electron chi connectivity index (χ3n) is 7.51. The fourth-order valence-electron chi connectivity index (χ4n) is 5.70. The van der Waals surface area contributed by atoms with Crippen molar-refractivity contribution in [3.63, 3.8) is 0 Å². The highest BCUT2D eigenvalue weighted by Crippen LogP contribution is 2.42. The van der Waals surface area contributed by atoms with Crippen molar-refractivity contribution in [3.8, 4) is 11.5 Å². The highest BCUT2D eigenvalue weighted by atomic mass is 16.7. The molecular formula is C27H41NO5. The minimum atomic E-state index is -0.262. The first kappa shape index (κ1) is 24.3. The first-order valence-electron chi connectivity index (χ1n) is 12.9. The second-order valence-corrected chi connectivity index (χ2v) is 9.97. The molecule has 2 saturated heterocycles. The van der Waals surface area contributed by atoms with Gasteiger partial charge in [-0.1, -0.05) is 32.1 Å². The summed E-state index contributed by atoms with van der Waals surface area (Å²) in [6.07, 6.45) is 15.1. The Kier molecular flexibility index (Phi) is 8.18. The molecule has 6 nitrogen and oxygen atoms in total. The Hall–Kier alpha value is -1.79. The number of carbonyl (C=O) groups excluding carboxylic acids is 1. The smallest absolute Gasteiger partial charge is 0.231 e. The van der Waals surface area contributed by atoms with Crippen LogP contribution in [0.3, 0.4) is 0 Å². The lowest BCUT2D eigenvalue weighted by molar-refractivity contribution is -0.269. The summed E-state index contributed by atoms with van der Waals surface area (Å²) in [5, 5.41) is 0. The zero-order chi connectivity index (χ0) is 23.3. The van der Waals surface area contributed by atoms with Crippen LogP contribution >= 0.6 is 0 Å². The number of methoxy groups -OCH3 is 2. The van der Waals surface area contributed by atoms with Crippen LogP contribution in [0, 0.1) is 0 Å². The lowest BCUT2D eigenvalue weighted by atomic mass is 9.95. The van der Waals surface area contributed by atoms with Gasteiger partial charge in [0.2, 0.25) is 5.91 Å². The molecule has 0 aromatic heterocycles. The molecule has 33 heavy (non-hydrogen) atoms. The zero-order valence-electron chi connectivity index (χ0n) is 20.7.